The number of benzene rings is 1. The minimum Gasteiger partial charge on any atom is -0.494 e. The molecule has 7 nitrogen and oxygen atoms in total. The molecular formula is C20H32IN5O2. The molecule has 0 amide bonds. The SMILES string of the molecule is CCOc1ccccc1CNC(=NC)NCc1c(C)nn(CCOC)c1C.I. The number of guanidine groups is 1. The van der Waals surface area contributed by atoms with Crippen molar-refractivity contribution < 1.29 is 9.47 Å². The van der Waals surface area contributed by atoms with E-state index in [0.29, 0.717) is 26.3 Å². The molecule has 0 atom stereocenters. The summed E-state index contributed by atoms with van der Waals surface area (Å²) >= 11 is 0. The van der Waals surface area contributed by atoms with Crippen molar-refractivity contribution >= 4 is 29.9 Å². The zero-order valence-electron chi connectivity index (χ0n) is 17.4. The highest BCUT2D eigenvalue weighted by molar-refractivity contribution is 14.0. The van der Waals surface area contributed by atoms with Crippen LogP contribution in [0.2, 0.25) is 0 Å². The lowest BCUT2D eigenvalue weighted by molar-refractivity contribution is 0.182. The van der Waals surface area contributed by atoms with Gasteiger partial charge in [-0.15, -0.1) is 24.0 Å². The number of ether oxygens (including phenoxy) is 2. The fourth-order valence-electron chi connectivity index (χ4n) is 2.90. The zero-order valence-corrected chi connectivity index (χ0v) is 19.7. The molecule has 0 saturated heterocycles. The van der Waals surface area contributed by atoms with Crippen LogP contribution in [0.4, 0.5) is 0 Å². The summed E-state index contributed by atoms with van der Waals surface area (Å²) < 4.78 is 12.8. The van der Waals surface area contributed by atoms with Gasteiger partial charge in [-0.3, -0.25) is 9.67 Å². The fourth-order valence-corrected chi connectivity index (χ4v) is 2.90. The van der Waals surface area contributed by atoms with Crippen LogP contribution in [-0.2, 0) is 24.4 Å². The van der Waals surface area contributed by atoms with Gasteiger partial charge in [0.2, 0.25) is 0 Å². The van der Waals surface area contributed by atoms with Gasteiger partial charge in [0, 0.05) is 44.1 Å². The van der Waals surface area contributed by atoms with Gasteiger partial charge in [0.05, 0.1) is 25.5 Å². The number of rotatable bonds is 9. The molecule has 0 bridgehead atoms. The summed E-state index contributed by atoms with van der Waals surface area (Å²) in [7, 11) is 3.47. The van der Waals surface area contributed by atoms with Crippen molar-refractivity contribution in [2.24, 2.45) is 4.99 Å². The molecule has 0 saturated carbocycles. The van der Waals surface area contributed by atoms with Crippen molar-refractivity contribution in [3.63, 3.8) is 0 Å². The van der Waals surface area contributed by atoms with Crippen LogP contribution >= 0.6 is 24.0 Å². The van der Waals surface area contributed by atoms with Crippen molar-refractivity contribution in [3.05, 3.63) is 46.8 Å². The molecule has 2 rings (SSSR count). The first-order valence-electron chi connectivity index (χ1n) is 9.27. The van der Waals surface area contributed by atoms with Crippen LogP contribution in [0.15, 0.2) is 29.3 Å². The van der Waals surface area contributed by atoms with Crippen molar-refractivity contribution in [2.45, 2.75) is 40.4 Å². The number of aliphatic imine (C=N–C) groups is 1. The Kier molecular flexibility index (Phi) is 10.9. The molecule has 0 unspecified atom stereocenters. The van der Waals surface area contributed by atoms with Gasteiger partial charge in [-0.25, -0.2) is 0 Å². The van der Waals surface area contributed by atoms with E-state index in [1.54, 1.807) is 14.2 Å². The van der Waals surface area contributed by atoms with E-state index in [-0.39, 0.29) is 24.0 Å². The van der Waals surface area contributed by atoms with Gasteiger partial charge in [0.25, 0.3) is 0 Å². The molecule has 28 heavy (non-hydrogen) atoms. The van der Waals surface area contributed by atoms with E-state index >= 15 is 0 Å². The van der Waals surface area contributed by atoms with Crippen LogP contribution in [0.1, 0.15) is 29.4 Å². The van der Waals surface area contributed by atoms with E-state index in [4.69, 9.17) is 9.47 Å². The van der Waals surface area contributed by atoms with E-state index in [1.807, 2.05) is 36.7 Å². The maximum Gasteiger partial charge on any atom is 0.191 e. The van der Waals surface area contributed by atoms with E-state index in [2.05, 4.69) is 33.7 Å². The number of para-hydroxylation sites is 1. The van der Waals surface area contributed by atoms with Crippen LogP contribution in [-0.4, -0.2) is 43.1 Å². The number of aryl methyl sites for hydroxylation is 1. The predicted octanol–water partition coefficient (Wildman–Crippen LogP) is 3.03. The van der Waals surface area contributed by atoms with Crippen molar-refractivity contribution in [3.8, 4) is 5.75 Å². The second-order valence-electron chi connectivity index (χ2n) is 6.19. The molecule has 0 radical (unpaired) electrons. The highest BCUT2D eigenvalue weighted by Gasteiger charge is 2.12. The molecule has 1 heterocycles. The largest absolute Gasteiger partial charge is 0.494 e. The Morgan fingerprint density at radius 2 is 1.89 bits per heavy atom. The summed E-state index contributed by atoms with van der Waals surface area (Å²) in [4.78, 5) is 4.32. The third kappa shape index (κ3) is 6.66. The molecule has 156 valence electrons. The smallest absolute Gasteiger partial charge is 0.191 e. The zero-order chi connectivity index (χ0) is 19.6. The molecule has 2 aromatic rings. The van der Waals surface area contributed by atoms with Gasteiger partial charge in [-0.2, -0.15) is 5.10 Å². The summed E-state index contributed by atoms with van der Waals surface area (Å²) in [5.74, 6) is 1.64. The summed E-state index contributed by atoms with van der Waals surface area (Å²) in [6.07, 6.45) is 0. The minimum absolute atomic E-state index is 0. The first-order valence-corrected chi connectivity index (χ1v) is 9.27. The third-order valence-corrected chi connectivity index (χ3v) is 4.41. The Hall–Kier alpha value is -1.81. The molecule has 1 aromatic carbocycles. The number of hydrogen-bond acceptors (Lipinski definition) is 4. The van der Waals surface area contributed by atoms with Crippen LogP contribution in [0.25, 0.3) is 0 Å². The number of methoxy groups -OCH3 is 1. The minimum atomic E-state index is 0. The maximum absolute atomic E-state index is 5.68. The Bertz CT molecular complexity index is 761. The normalized spacial score (nSPS) is 11.1. The van der Waals surface area contributed by atoms with Crippen LogP contribution in [0.3, 0.4) is 0 Å². The maximum atomic E-state index is 5.68. The lowest BCUT2D eigenvalue weighted by atomic mass is 10.2. The Labute approximate surface area is 184 Å². The first-order chi connectivity index (χ1) is 13.1. The van der Waals surface area contributed by atoms with Gasteiger partial charge in [0.1, 0.15) is 5.75 Å². The molecule has 0 spiro atoms. The molecule has 0 aliphatic rings. The number of nitrogens with zero attached hydrogens (tertiary/aromatic N) is 3. The molecule has 0 aliphatic carbocycles. The van der Waals surface area contributed by atoms with Crippen LogP contribution in [0.5, 0.6) is 5.75 Å². The summed E-state index contributed by atoms with van der Waals surface area (Å²) in [5.41, 5.74) is 4.45. The van der Waals surface area contributed by atoms with Crippen LogP contribution in [0, 0.1) is 13.8 Å². The molecule has 1 aromatic heterocycles. The molecule has 8 heteroatoms. The molecule has 2 N–H and O–H groups in total. The van der Waals surface area contributed by atoms with E-state index in [1.165, 1.54) is 5.56 Å². The average molecular weight is 501 g/mol. The number of aromatic nitrogens is 2. The van der Waals surface area contributed by atoms with Gasteiger partial charge >= 0.3 is 0 Å². The Balaban J connectivity index is 0.00000392. The lowest BCUT2D eigenvalue weighted by Gasteiger charge is -2.14. The monoisotopic (exact) mass is 501 g/mol. The quantitative estimate of drug-likeness (QED) is 0.314. The third-order valence-electron chi connectivity index (χ3n) is 4.41. The van der Waals surface area contributed by atoms with E-state index in [0.717, 1.165) is 35.2 Å². The molecular weight excluding hydrogens is 469 g/mol. The van der Waals surface area contributed by atoms with Crippen molar-refractivity contribution in [1.82, 2.24) is 20.4 Å². The number of hydrogen-bond donors (Lipinski definition) is 2. The summed E-state index contributed by atoms with van der Waals surface area (Å²) in [6, 6.07) is 8.03. The standard InChI is InChI=1S/C20H31N5O2.HI/c1-6-27-19-10-8-7-9-17(19)13-22-20(21-4)23-14-18-15(2)24-25(16(18)3)11-12-26-5;/h7-10H,6,11-14H2,1-5H3,(H2,21,22,23);1H. The van der Waals surface area contributed by atoms with Crippen LogP contribution < -0.4 is 15.4 Å². The molecule has 0 fully saturated rings. The summed E-state index contributed by atoms with van der Waals surface area (Å²) in [6.45, 7) is 9.46. The lowest BCUT2D eigenvalue weighted by Crippen LogP contribution is -2.36. The average Bonchev–Trinajstić information content (AvgIpc) is 2.95. The summed E-state index contributed by atoms with van der Waals surface area (Å²) in [5, 5.41) is 11.3. The first kappa shape index (κ1) is 24.2. The topological polar surface area (TPSA) is 72.7 Å². The predicted molar refractivity (Wildman–Crippen MR) is 124 cm³/mol. The second kappa shape index (κ2) is 12.6. The number of nitrogens with one attached hydrogen (secondary N) is 2. The highest BCUT2D eigenvalue weighted by Crippen LogP contribution is 2.17. The van der Waals surface area contributed by atoms with E-state index in [9.17, 15) is 0 Å². The fraction of sp³-hybridized carbons (Fsp3) is 0.500. The van der Waals surface area contributed by atoms with Gasteiger partial charge in [-0.1, -0.05) is 18.2 Å². The highest BCUT2D eigenvalue weighted by atomic mass is 127. The second-order valence-corrected chi connectivity index (χ2v) is 6.19. The van der Waals surface area contributed by atoms with Crippen molar-refractivity contribution in [1.29, 1.82) is 0 Å². The van der Waals surface area contributed by atoms with Gasteiger partial charge in [-0.05, 0) is 26.8 Å². The Morgan fingerprint density at radius 3 is 2.57 bits per heavy atom. The van der Waals surface area contributed by atoms with Gasteiger partial charge in [0.15, 0.2) is 5.96 Å². The Morgan fingerprint density at radius 1 is 1.18 bits per heavy atom. The number of halogens is 1. The van der Waals surface area contributed by atoms with E-state index < -0.39 is 0 Å². The molecule has 0 aliphatic heterocycles. The van der Waals surface area contributed by atoms with Crippen molar-refractivity contribution in [2.75, 3.05) is 27.4 Å². The van der Waals surface area contributed by atoms with Gasteiger partial charge < -0.3 is 20.1 Å².